The highest BCUT2D eigenvalue weighted by Crippen LogP contribution is 2.24. The summed E-state index contributed by atoms with van der Waals surface area (Å²) < 4.78 is 14.1. The summed E-state index contributed by atoms with van der Waals surface area (Å²) in [4.78, 5) is 25.8. The lowest BCUT2D eigenvalue weighted by Crippen LogP contribution is -2.16. The van der Waals surface area contributed by atoms with Crippen molar-refractivity contribution in [2.45, 2.75) is 45.4 Å². The molecule has 2 N–H and O–H groups in total. The second-order valence-corrected chi connectivity index (χ2v) is 6.36. The van der Waals surface area contributed by atoms with Crippen LogP contribution in [-0.4, -0.2) is 6.61 Å². The summed E-state index contributed by atoms with van der Waals surface area (Å²) in [6.07, 6.45) is 13.7. The second-order valence-electron chi connectivity index (χ2n) is 5.20. The molecule has 0 unspecified atom stereocenters. The van der Waals surface area contributed by atoms with E-state index in [2.05, 4.69) is 21.4 Å². The SMILES string of the molecule is CCCCCCCCOP(=O)([O-])[O-].c1cc[nH+]cc1.c1cc[nH+]cc1. The van der Waals surface area contributed by atoms with Crippen LogP contribution in [0, 0.1) is 0 Å². The molecule has 0 aliphatic heterocycles. The number of hydrogen-bond donors (Lipinski definition) is 0. The maximum atomic E-state index is 10.0. The summed E-state index contributed by atoms with van der Waals surface area (Å²) >= 11 is 0. The average molecular weight is 368 g/mol. The summed E-state index contributed by atoms with van der Waals surface area (Å²) in [6.45, 7) is 2.17. The van der Waals surface area contributed by atoms with Gasteiger partial charge in [0.15, 0.2) is 24.8 Å². The Morgan fingerprint density at radius 3 is 1.52 bits per heavy atom. The molecule has 0 saturated carbocycles. The fourth-order valence-electron chi connectivity index (χ4n) is 1.74. The number of phosphoric acid groups is 1. The number of aromatic amines is 2. The maximum absolute atomic E-state index is 10.0. The Balaban J connectivity index is 0.000000392. The Bertz CT molecular complexity index is 438. The van der Waals surface area contributed by atoms with Crippen molar-refractivity contribution in [3.8, 4) is 0 Å². The van der Waals surface area contributed by atoms with Gasteiger partial charge in [0, 0.05) is 24.3 Å². The van der Waals surface area contributed by atoms with Crippen LogP contribution in [0.3, 0.4) is 0 Å². The van der Waals surface area contributed by atoms with Crippen LogP contribution in [0.5, 0.6) is 0 Å². The van der Waals surface area contributed by atoms with Gasteiger partial charge in [-0.15, -0.1) is 0 Å². The Morgan fingerprint density at radius 2 is 1.20 bits per heavy atom. The Morgan fingerprint density at radius 1 is 0.760 bits per heavy atom. The highest BCUT2D eigenvalue weighted by molar-refractivity contribution is 7.43. The molecule has 2 heterocycles. The molecule has 0 spiro atoms. The molecule has 0 aliphatic rings. The third-order valence-corrected chi connectivity index (χ3v) is 3.46. The summed E-state index contributed by atoms with van der Waals surface area (Å²) in [5.41, 5.74) is 0. The van der Waals surface area contributed by atoms with Crippen molar-refractivity contribution in [1.29, 1.82) is 0 Å². The zero-order valence-corrected chi connectivity index (χ0v) is 15.7. The quantitative estimate of drug-likeness (QED) is 0.526. The average Bonchev–Trinajstić information content (AvgIpc) is 2.64. The molecule has 0 amide bonds. The van der Waals surface area contributed by atoms with Gasteiger partial charge in [0.05, 0.1) is 14.4 Å². The maximum Gasteiger partial charge on any atom is 0.166 e. The molecule has 2 aromatic heterocycles. The van der Waals surface area contributed by atoms with Crippen LogP contribution in [0.1, 0.15) is 45.4 Å². The topological polar surface area (TPSA) is 101 Å². The molecule has 0 radical (unpaired) electrons. The van der Waals surface area contributed by atoms with Gasteiger partial charge >= 0.3 is 0 Å². The number of pyridine rings is 2. The zero-order chi connectivity index (χ0) is 18.6. The third kappa shape index (κ3) is 22.4. The summed E-state index contributed by atoms with van der Waals surface area (Å²) in [6, 6.07) is 11.7. The van der Waals surface area contributed by atoms with Gasteiger partial charge in [0.25, 0.3) is 0 Å². The molecular weight excluding hydrogens is 339 g/mol. The van der Waals surface area contributed by atoms with Gasteiger partial charge in [-0.3, -0.25) is 0 Å². The normalized spacial score (nSPS) is 10.0. The zero-order valence-electron chi connectivity index (χ0n) is 14.8. The molecule has 0 atom stereocenters. The molecule has 2 rings (SSSR count). The lowest BCUT2D eigenvalue weighted by molar-refractivity contribution is -0.378. The number of rotatable bonds is 8. The first-order chi connectivity index (χ1) is 12.1. The molecule has 0 aliphatic carbocycles. The van der Waals surface area contributed by atoms with Gasteiger partial charge in [-0.25, -0.2) is 9.97 Å². The smallest absolute Gasteiger partial charge is 0.166 e. The van der Waals surface area contributed by atoms with Crippen LogP contribution in [0.4, 0.5) is 0 Å². The first kappa shape index (κ1) is 23.4. The van der Waals surface area contributed by atoms with Crippen LogP contribution in [0.15, 0.2) is 61.2 Å². The minimum absolute atomic E-state index is 0.0381. The van der Waals surface area contributed by atoms with E-state index < -0.39 is 7.82 Å². The molecule has 7 heteroatoms. The third-order valence-electron chi connectivity index (χ3n) is 2.96. The Kier molecular flexibility index (Phi) is 16.1. The van der Waals surface area contributed by atoms with E-state index >= 15 is 0 Å². The highest BCUT2D eigenvalue weighted by Gasteiger charge is 1.92. The minimum Gasteiger partial charge on any atom is -0.790 e. The van der Waals surface area contributed by atoms with Crippen molar-refractivity contribution in [1.82, 2.24) is 0 Å². The van der Waals surface area contributed by atoms with Crippen molar-refractivity contribution < 1.29 is 28.8 Å². The summed E-state index contributed by atoms with van der Waals surface area (Å²) in [7, 11) is -4.73. The first-order valence-corrected chi connectivity index (χ1v) is 10.0. The van der Waals surface area contributed by atoms with Gasteiger partial charge < -0.3 is 18.9 Å². The molecule has 6 nitrogen and oxygen atoms in total. The van der Waals surface area contributed by atoms with E-state index in [0.717, 1.165) is 12.8 Å². The second kappa shape index (κ2) is 17.2. The van der Waals surface area contributed by atoms with Crippen LogP contribution in [-0.2, 0) is 9.09 Å². The van der Waals surface area contributed by atoms with E-state index in [1.54, 1.807) is 0 Å². The summed E-state index contributed by atoms with van der Waals surface area (Å²) in [5.74, 6) is 0. The molecule has 140 valence electrons. The molecule has 0 aromatic carbocycles. The molecule has 25 heavy (non-hydrogen) atoms. The monoisotopic (exact) mass is 368 g/mol. The van der Waals surface area contributed by atoms with Gasteiger partial charge in [-0.05, 0) is 6.42 Å². The number of phosphoric ester groups is 1. The van der Waals surface area contributed by atoms with E-state index in [0.29, 0.717) is 6.42 Å². The van der Waals surface area contributed by atoms with E-state index in [-0.39, 0.29) is 6.61 Å². The number of aromatic nitrogens is 2. The van der Waals surface area contributed by atoms with Crippen LogP contribution >= 0.6 is 7.82 Å². The van der Waals surface area contributed by atoms with Gasteiger partial charge in [0.2, 0.25) is 0 Å². The minimum atomic E-state index is -4.73. The van der Waals surface area contributed by atoms with Gasteiger partial charge in [-0.2, -0.15) is 0 Å². The van der Waals surface area contributed by atoms with Crippen molar-refractivity contribution in [2.75, 3.05) is 6.61 Å². The Hall–Kier alpha value is -1.59. The lowest BCUT2D eigenvalue weighted by atomic mass is 10.1. The number of H-pyrrole nitrogens is 2. The van der Waals surface area contributed by atoms with E-state index in [1.165, 1.54) is 19.3 Å². The molecule has 0 bridgehead atoms. The lowest BCUT2D eigenvalue weighted by Gasteiger charge is -2.28. The van der Waals surface area contributed by atoms with Crippen molar-refractivity contribution in [3.63, 3.8) is 0 Å². The van der Waals surface area contributed by atoms with Crippen LogP contribution < -0.4 is 19.8 Å². The van der Waals surface area contributed by atoms with Crippen LogP contribution in [0.25, 0.3) is 0 Å². The fourth-order valence-corrected chi connectivity index (χ4v) is 2.10. The van der Waals surface area contributed by atoms with E-state index in [4.69, 9.17) is 0 Å². The largest absolute Gasteiger partial charge is 0.790 e. The Labute approximate surface area is 150 Å². The molecule has 2 aromatic rings. The molecule has 0 saturated heterocycles. The fraction of sp³-hybridized carbons (Fsp3) is 0.444. The van der Waals surface area contributed by atoms with E-state index in [1.807, 2.05) is 61.2 Å². The van der Waals surface area contributed by atoms with Gasteiger partial charge in [0.1, 0.15) is 0 Å². The predicted octanol–water partition coefficient (Wildman–Crippen LogP) is 2.19. The van der Waals surface area contributed by atoms with Crippen LogP contribution in [0.2, 0.25) is 0 Å². The molecular formula is C18H29N2O4P. The standard InChI is InChI=1S/C8H19O4P.2C5H5N/c1-2-3-4-5-6-7-8-12-13(9,10)11;2*1-2-4-6-5-3-1/h2-8H2,1H3,(H2,9,10,11);2*1-5H. The number of hydrogen-bond acceptors (Lipinski definition) is 4. The highest BCUT2D eigenvalue weighted by atomic mass is 31.2. The van der Waals surface area contributed by atoms with Crippen molar-refractivity contribution in [2.24, 2.45) is 0 Å². The molecule has 0 fully saturated rings. The van der Waals surface area contributed by atoms with Gasteiger partial charge in [-0.1, -0.05) is 51.2 Å². The predicted molar refractivity (Wildman–Crippen MR) is 92.9 cm³/mol. The number of unbranched alkanes of at least 4 members (excludes halogenated alkanes) is 5. The van der Waals surface area contributed by atoms with E-state index in [9.17, 15) is 14.4 Å². The number of nitrogens with one attached hydrogen (secondary N) is 2. The van der Waals surface area contributed by atoms with Crippen molar-refractivity contribution in [3.05, 3.63) is 61.2 Å². The summed E-state index contributed by atoms with van der Waals surface area (Å²) in [5, 5.41) is 0. The van der Waals surface area contributed by atoms with Crippen molar-refractivity contribution >= 4 is 7.82 Å². The first-order valence-electron chi connectivity index (χ1n) is 8.55.